The number of rotatable bonds is 6. The van der Waals surface area contributed by atoms with Crippen LogP contribution >= 0.6 is 11.6 Å². The molecule has 0 aliphatic heterocycles. The van der Waals surface area contributed by atoms with E-state index in [0.29, 0.717) is 11.4 Å². The molecule has 1 heterocycles. The molecule has 0 unspecified atom stereocenters. The van der Waals surface area contributed by atoms with Gasteiger partial charge in [0, 0.05) is 35.7 Å². The molecule has 22 heavy (non-hydrogen) atoms. The van der Waals surface area contributed by atoms with E-state index in [1.165, 1.54) is 0 Å². The van der Waals surface area contributed by atoms with E-state index in [0.717, 1.165) is 30.6 Å². The maximum absolute atomic E-state index is 11.9. The van der Waals surface area contributed by atoms with Crippen LogP contribution in [-0.4, -0.2) is 5.91 Å². The van der Waals surface area contributed by atoms with Crippen LogP contribution in [0.1, 0.15) is 24.8 Å². The Balaban J connectivity index is 0.00000242. The van der Waals surface area contributed by atoms with Gasteiger partial charge in [-0.15, -0.1) is 0 Å². The van der Waals surface area contributed by atoms with Crippen molar-refractivity contribution in [2.24, 2.45) is 0 Å². The molecular formula is C17H20BrClN2O. The summed E-state index contributed by atoms with van der Waals surface area (Å²) in [5, 5.41) is 3.62. The summed E-state index contributed by atoms with van der Waals surface area (Å²) in [7, 11) is 0. The largest absolute Gasteiger partial charge is 1.00 e. The maximum atomic E-state index is 11.9. The second-order valence-corrected chi connectivity index (χ2v) is 5.51. The highest BCUT2D eigenvalue weighted by molar-refractivity contribution is 6.30. The third kappa shape index (κ3) is 6.16. The van der Waals surface area contributed by atoms with Gasteiger partial charge < -0.3 is 22.3 Å². The molecule has 0 radical (unpaired) electrons. The lowest BCUT2D eigenvalue weighted by atomic mass is 10.2. The number of halogens is 2. The molecule has 0 atom stereocenters. The van der Waals surface area contributed by atoms with Crippen molar-refractivity contribution >= 4 is 23.2 Å². The smallest absolute Gasteiger partial charge is 0.224 e. The zero-order chi connectivity index (χ0) is 15.1. The lowest BCUT2D eigenvalue weighted by Crippen LogP contribution is -3.00. The summed E-state index contributed by atoms with van der Waals surface area (Å²) in [4.78, 5) is 11.9. The van der Waals surface area contributed by atoms with E-state index in [-0.39, 0.29) is 22.9 Å². The minimum absolute atomic E-state index is 0. The zero-order valence-corrected chi connectivity index (χ0v) is 14.9. The number of carbonyl (C=O) groups is 1. The average molecular weight is 384 g/mol. The Morgan fingerprint density at radius 2 is 1.91 bits per heavy atom. The highest BCUT2D eigenvalue weighted by Gasteiger charge is 2.06. The first-order valence-electron chi connectivity index (χ1n) is 7.15. The van der Waals surface area contributed by atoms with Gasteiger partial charge >= 0.3 is 0 Å². The molecule has 1 N–H and O–H groups in total. The van der Waals surface area contributed by atoms with Crippen LogP contribution in [0, 0.1) is 6.92 Å². The molecule has 1 amide bonds. The second kappa shape index (κ2) is 9.59. The number of aryl methyl sites for hydroxylation is 2. The van der Waals surface area contributed by atoms with E-state index in [9.17, 15) is 4.79 Å². The van der Waals surface area contributed by atoms with Gasteiger partial charge in [-0.25, -0.2) is 4.57 Å². The molecule has 0 saturated heterocycles. The fourth-order valence-corrected chi connectivity index (χ4v) is 2.37. The van der Waals surface area contributed by atoms with Crippen LogP contribution in [0.25, 0.3) is 0 Å². The molecular weight excluding hydrogens is 364 g/mol. The molecule has 1 aromatic carbocycles. The van der Waals surface area contributed by atoms with Gasteiger partial charge in [0.05, 0.1) is 0 Å². The highest BCUT2D eigenvalue weighted by Crippen LogP contribution is 2.19. The number of pyridine rings is 1. The molecule has 118 valence electrons. The summed E-state index contributed by atoms with van der Waals surface area (Å²) in [6.07, 6.45) is 6.48. The van der Waals surface area contributed by atoms with E-state index >= 15 is 0 Å². The van der Waals surface area contributed by atoms with Gasteiger partial charge in [-0.3, -0.25) is 4.79 Å². The molecule has 0 bridgehead atoms. The summed E-state index contributed by atoms with van der Waals surface area (Å²) in [5.74, 6) is 0.0542. The van der Waals surface area contributed by atoms with Crippen molar-refractivity contribution in [3.63, 3.8) is 0 Å². The number of anilines is 1. The van der Waals surface area contributed by atoms with Crippen LogP contribution in [0.4, 0.5) is 5.69 Å². The molecule has 2 aromatic rings. The molecule has 1 aromatic heterocycles. The first kappa shape index (κ1) is 18.7. The van der Waals surface area contributed by atoms with Crippen molar-refractivity contribution in [1.29, 1.82) is 0 Å². The summed E-state index contributed by atoms with van der Waals surface area (Å²) < 4.78 is 2.13. The number of nitrogens with zero attached hydrogens (tertiary/aromatic N) is 1. The van der Waals surface area contributed by atoms with Crippen molar-refractivity contribution < 1.29 is 26.3 Å². The van der Waals surface area contributed by atoms with Crippen molar-refractivity contribution in [2.75, 3.05) is 5.32 Å². The molecule has 2 rings (SSSR count). The molecule has 0 saturated carbocycles. The number of hydrogen-bond donors (Lipinski definition) is 1. The Morgan fingerprint density at radius 3 is 2.59 bits per heavy atom. The van der Waals surface area contributed by atoms with Crippen LogP contribution in [0.2, 0.25) is 5.02 Å². The number of unbranched alkanes of at least 4 members (excludes halogenated alkanes) is 1. The van der Waals surface area contributed by atoms with Crippen LogP contribution in [0.3, 0.4) is 0 Å². The minimum Gasteiger partial charge on any atom is -1.00 e. The van der Waals surface area contributed by atoms with Gasteiger partial charge in [0.1, 0.15) is 6.54 Å². The fourth-order valence-electron chi connectivity index (χ4n) is 2.14. The predicted octanol–water partition coefficient (Wildman–Crippen LogP) is 0.749. The van der Waals surface area contributed by atoms with Gasteiger partial charge in [0.15, 0.2) is 12.4 Å². The maximum Gasteiger partial charge on any atom is 0.224 e. The van der Waals surface area contributed by atoms with Crippen LogP contribution in [0.15, 0.2) is 48.8 Å². The fraction of sp³-hybridized carbons (Fsp3) is 0.294. The third-order valence-electron chi connectivity index (χ3n) is 3.31. The average Bonchev–Trinajstić information content (AvgIpc) is 2.48. The number of amides is 1. The Hall–Kier alpha value is -1.39. The Kier molecular flexibility index (Phi) is 8.13. The van der Waals surface area contributed by atoms with Crippen molar-refractivity contribution in [3.05, 3.63) is 59.4 Å². The number of aromatic nitrogens is 1. The SMILES string of the molecule is Cc1cc(Cl)ccc1NC(=O)CCCC[n+]1ccccc1.[Br-]. The monoisotopic (exact) mass is 382 g/mol. The van der Waals surface area contributed by atoms with Crippen molar-refractivity contribution in [2.45, 2.75) is 32.7 Å². The zero-order valence-electron chi connectivity index (χ0n) is 12.6. The molecule has 0 aliphatic rings. The van der Waals surface area contributed by atoms with Crippen molar-refractivity contribution in [1.82, 2.24) is 0 Å². The molecule has 5 heteroatoms. The van der Waals surface area contributed by atoms with E-state index in [2.05, 4.69) is 9.88 Å². The summed E-state index contributed by atoms with van der Waals surface area (Å²) in [6.45, 7) is 2.88. The Bertz CT molecular complexity index is 605. The van der Waals surface area contributed by atoms with Gasteiger partial charge in [-0.2, -0.15) is 0 Å². The lowest BCUT2D eigenvalue weighted by Gasteiger charge is -2.08. The predicted molar refractivity (Wildman–Crippen MR) is 85.3 cm³/mol. The first-order chi connectivity index (χ1) is 10.1. The van der Waals surface area contributed by atoms with Crippen LogP contribution in [0.5, 0.6) is 0 Å². The van der Waals surface area contributed by atoms with Gasteiger partial charge in [0.25, 0.3) is 0 Å². The Morgan fingerprint density at radius 1 is 1.18 bits per heavy atom. The normalized spacial score (nSPS) is 9.91. The van der Waals surface area contributed by atoms with Gasteiger partial charge in [-0.05, 0) is 37.1 Å². The number of hydrogen-bond acceptors (Lipinski definition) is 1. The second-order valence-electron chi connectivity index (χ2n) is 5.08. The molecule has 0 fully saturated rings. The summed E-state index contributed by atoms with van der Waals surface area (Å²) in [5.41, 5.74) is 1.82. The quantitative estimate of drug-likeness (QED) is 0.579. The van der Waals surface area contributed by atoms with Crippen LogP contribution < -0.4 is 26.9 Å². The Labute approximate surface area is 147 Å². The van der Waals surface area contributed by atoms with E-state index in [1.54, 1.807) is 6.07 Å². The standard InChI is InChI=1S/C17H19ClN2O.BrH/c1-14-13-15(18)8-9-16(14)19-17(21)7-3-6-12-20-10-4-2-5-11-20;/h2,4-5,8-11,13H,3,6-7,12H2,1H3;1H. The molecule has 0 spiro atoms. The van der Waals surface area contributed by atoms with E-state index in [1.807, 2.05) is 49.6 Å². The summed E-state index contributed by atoms with van der Waals surface area (Å²) >= 11 is 5.90. The minimum atomic E-state index is 0. The topological polar surface area (TPSA) is 33.0 Å². The third-order valence-corrected chi connectivity index (χ3v) is 3.55. The highest BCUT2D eigenvalue weighted by atomic mass is 79.9. The van der Waals surface area contributed by atoms with Crippen molar-refractivity contribution in [3.8, 4) is 0 Å². The van der Waals surface area contributed by atoms with Gasteiger partial charge in [0.2, 0.25) is 5.91 Å². The number of benzene rings is 1. The van der Waals surface area contributed by atoms with Crippen LogP contribution in [-0.2, 0) is 11.3 Å². The van der Waals surface area contributed by atoms with E-state index in [4.69, 9.17) is 11.6 Å². The van der Waals surface area contributed by atoms with E-state index < -0.39 is 0 Å². The molecule has 0 aliphatic carbocycles. The first-order valence-corrected chi connectivity index (χ1v) is 7.53. The molecule has 3 nitrogen and oxygen atoms in total. The van der Waals surface area contributed by atoms with Gasteiger partial charge in [-0.1, -0.05) is 17.7 Å². The lowest BCUT2D eigenvalue weighted by molar-refractivity contribution is -0.697. The number of nitrogens with one attached hydrogen (secondary N) is 1. The number of carbonyl (C=O) groups excluding carboxylic acids is 1. The summed E-state index contributed by atoms with van der Waals surface area (Å²) in [6, 6.07) is 11.5.